The molecule has 2 rings (SSSR count). The Morgan fingerprint density at radius 3 is 2.56 bits per heavy atom. The number of hydrogen-bond acceptors (Lipinski definition) is 3. The fraction of sp³-hybridized carbons (Fsp3) is 0.250. The van der Waals surface area contributed by atoms with Crippen molar-refractivity contribution in [3.8, 4) is 0 Å². The number of rotatable bonds is 9. The van der Waals surface area contributed by atoms with Crippen molar-refractivity contribution in [1.29, 1.82) is 0 Å². The smallest absolute Gasteiger partial charge is 0.255 e. The molecule has 0 aliphatic carbocycles. The first-order chi connectivity index (χ1) is 12.9. The molecular formula is C20H20F3NO2S. The minimum absolute atomic E-state index is 0.0970. The van der Waals surface area contributed by atoms with Crippen molar-refractivity contribution in [3.63, 3.8) is 0 Å². The maximum absolute atomic E-state index is 13.3. The molecule has 0 fully saturated rings. The van der Waals surface area contributed by atoms with E-state index in [1.165, 1.54) is 11.8 Å². The highest BCUT2D eigenvalue weighted by atomic mass is 32.2. The average Bonchev–Trinajstić information content (AvgIpc) is 2.65. The second kappa shape index (κ2) is 10.2. The van der Waals surface area contributed by atoms with Gasteiger partial charge in [-0.3, -0.25) is 4.79 Å². The Morgan fingerprint density at radius 2 is 1.93 bits per heavy atom. The van der Waals surface area contributed by atoms with Gasteiger partial charge in [-0.05, 0) is 42.7 Å². The quantitative estimate of drug-likeness (QED) is 0.356. The highest BCUT2D eigenvalue weighted by molar-refractivity contribution is 7.99. The first kappa shape index (κ1) is 21.1. The van der Waals surface area contributed by atoms with Crippen molar-refractivity contribution in [2.75, 3.05) is 17.7 Å². The van der Waals surface area contributed by atoms with Crippen LogP contribution in [0.5, 0.6) is 0 Å². The number of carbonyl (C=O) groups is 1. The summed E-state index contributed by atoms with van der Waals surface area (Å²) < 4.78 is 39.5. The Kier molecular flexibility index (Phi) is 7.94. The molecule has 0 radical (unpaired) electrons. The fourth-order valence-electron chi connectivity index (χ4n) is 2.42. The van der Waals surface area contributed by atoms with Crippen LogP contribution < -0.4 is 5.32 Å². The predicted molar refractivity (Wildman–Crippen MR) is 101 cm³/mol. The van der Waals surface area contributed by atoms with E-state index in [-0.39, 0.29) is 18.2 Å². The summed E-state index contributed by atoms with van der Waals surface area (Å²) in [5.74, 6) is -3.95. The molecule has 0 aliphatic heterocycles. The molecule has 2 aromatic rings. The molecule has 144 valence electrons. The van der Waals surface area contributed by atoms with Gasteiger partial charge in [0.25, 0.3) is 5.91 Å². The zero-order valence-electron chi connectivity index (χ0n) is 14.6. The molecule has 1 amide bonds. The fourth-order valence-corrected chi connectivity index (χ4v) is 3.49. The minimum atomic E-state index is -1.58. The predicted octanol–water partition coefficient (Wildman–Crippen LogP) is 5.02. The van der Waals surface area contributed by atoms with Crippen molar-refractivity contribution in [2.24, 2.45) is 5.92 Å². The topological polar surface area (TPSA) is 49.3 Å². The molecule has 0 aromatic heterocycles. The summed E-state index contributed by atoms with van der Waals surface area (Å²) in [6.45, 7) is 3.76. The van der Waals surface area contributed by atoms with Crippen molar-refractivity contribution in [2.45, 2.75) is 17.7 Å². The van der Waals surface area contributed by atoms with Gasteiger partial charge in [-0.1, -0.05) is 12.1 Å². The molecule has 0 heterocycles. The number of carbonyl (C=O) groups excluding carboxylic acids is 1. The highest BCUT2D eigenvalue weighted by Crippen LogP contribution is 2.23. The van der Waals surface area contributed by atoms with Gasteiger partial charge in [-0.25, -0.2) is 13.2 Å². The van der Waals surface area contributed by atoms with Gasteiger partial charge in [0, 0.05) is 34.9 Å². The number of allylic oxidation sites excluding steroid dienone is 1. The van der Waals surface area contributed by atoms with E-state index in [1.807, 2.05) is 6.07 Å². The summed E-state index contributed by atoms with van der Waals surface area (Å²) in [6.07, 6.45) is 3.32. The van der Waals surface area contributed by atoms with Crippen molar-refractivity contribution in [3.05, 3.63) is 72.1 Å². The summed E-state index contributed by atoms with van der Waals surface area (Å²) in [4.78, 5) is 13.1. The normalized spacial score (nSPS) is 11.9. The summed E-state index contributed by atoms with van der Waals surface area (Å²) in [5, 5.41) is 11.6. The van der Waals surface area contributed by atoms with Crippen LogP contribution in [0.25, 0.3) is 0 Å². The Morgan fingerprint density at radius 1 is 1.22 bits per heavy atom. The molecule has 2 N–H and O–H groups in total. The van der Waals surface area contributed by atoms with E-state index in [0.29, 0.717) is 5.56 Å². The largest absolute Gasteiger partial charge is 0.396 e. The highest BCUT2D eigenvalue weighted by Gasteiger charge is 2.13. The lowest BCUT2D eigenvalue weighted by atomic mass is 10.0. The molecule has 0 saturated heterocycles. The Hall–Kier alpha value is -2.25. The van der Waals surface area contributed by atoms with Crippen molar-refractivity contribution < 1.29 is 23.1 Å². The van der Waals surface area contributed by atoms with Gasteiger partial charge < -0.3 is 10.4 Å². The van der Waals surface area contributed by atoms with E-state index < -0.39 is 23.4 Å². The lowest BCUT2D eigenvalue weighted by Gasteiger charge is -2.11. The van der Waals surface area contributed by atoms with E-state index in [0.717, 1.165) is 35.6 Å². The van der Waals surface area contributed by atoms with Gasteiger partial charge in [-0.2, -0.15) is 0 Å². The lowest BCUT2D eigenvalue weighted by molar-refractivity contribution is 0.102. The van der Waals surface area contributed by atoms with Gasteiger partial charge >= 0.3 is 0 Å². The van der Waals surface area contributed by atoms with Crippen LogP contribution in [0.1, 0.15) is 23.2 Å². The lowest BCUT2D eigenvalue weighted by Crippen LogP contribution is -2.12. The van der Waals surface area contributed by atoms with Crippen LogP contribution in [-0.4, -0.2) is 23.4 Å². The molecular weight excluding hydrogens is 375 g/mol. The number of nitrogens with one attached hydrogen (secondary N) is 1. The first-order valence-corrected chi connectivity index (χ1v) is 9.33. The van der Waals surface area contributed by atoms with Gasteiger partial charge in [0.1, 0.15) is 0 Å². The van der Waals surface area contributed by atoms with Crippen LogP contribution in [0, 0.1) is 23.4 Å². The maximum atomic E-state index is 13.3. The number of halogens is 3. The van der Waals surface area contributed by atoms with E-state index in [9.17, 15) is 23.1 Å². The molecule has 0 saturated carbocycles. The van der Waals surface area contributed by atoms with Crippen molar-refractivity contribution >= 4 is 23.4 Å². The van der Waals surface area contributed by atoms with E-state index in [2.05, 4.69) is 11.9 Å². The van der Waals surface area contributed by atoms with Gasteiger partial charge in [-0.15, -0.1) is 18.3 Å². The Balaban J connectivity index is 1.99. The number of hydrogen-bond donors (Lipinski definition) is 2. The number of anilines is 1. The van der Waals surface area contributed by atoms with Crippen LogP contribution >= 0.6 is 11.8 Å². The second-order valence-electron chi connectivity index (χ2n) is 5.95. The molecule has 0 bridgehead atoms. The molecule has 27 heavy (non-hydrogen) atoms. The van der Waals surface area contributed by atoms with E-state index in [4.69, 9.17) is 0 Å². The monoisotopic (exact) mass is 395 g/mol. The van der Waals surface area contributed by atoms with Crippen LogP contribution in [0.2, 0.25) is 0 Å². The van der Waals surface area contributed by atoms with Crippen LogP contribution in [-0.2, 0) is 0 Å². The number of aliphatic hydroxyl groups excluding tert-OH is 1. The molecule has 0 aliphatic rings. The third-order valence-corrected chi connectivity index (χ3v) is 4.92. The van der Waals surface area contributed by atoms with Crippen LogP contribution in [0.4, 0.5) is 18.9 Å². The third kappa shape index (κ3) is 6.15. The summed E-state index contributed by atoms with van der Waals surface area (Å²) in [5.41, 5.74) is 0.152. The van der Waals surface area contributed by atoms with Gasteiger partial charge in [0.15, 0.2) is 17.5 Å². The van der Waals surface area contributed by atoms with Gasteiger partial charge in [0.2, 0.25) is 0 Å². The Labute approximate surface area is 160 Å². The number of benzene rings is 2. The number of amides is 1. The zero-order valence-corrected chi connectivity index (χ0v) is 15.4. The summed E-state index contributed by atoms with van der Waals surface area (Å²) >= 11 is 1.54. The van der Waals surface area contributed by atoms with Crippen LogP contribution in [0.15, 0.2) is 53.9 Å². The molecule has 1 unspecified atom stereocenters. The summed E-state index contributed by atoms with van der Waals surface area (Å²) in [7, 11) is 0. The summed E-state index contributed by atoms with van der Waals surface area (Å²) in [6, 6.07) is 8.24. The van der Waals surface area contributed by atoms with E-state index >= 15 is 0 Å². The van der Waals surface area contributed by atoms with Crippen LogP contribution in [0.3, 0.4) is 0 Å². The second-order valence-corrected chi connectivity index (χ2v) is 7.11. The zero-order chi connectivity index (χ0) is 19.8. The molecule has 0 spiro atoms. The molecule has 2 aromatic carbocycles. The van der Waals surface area contributed by atoms with Gasteiger partial charge in [0.05, 0.1) is 0 Å². The standard InChI is InChI=1S/C20H20F3NO2S/c1-2-4-13(12-25)7-8-27-16-6-3-5-14(9-16)20(26)24-15-10-17(21)19(23)18(22)11-15/h2-3,5-6,9-11,13,25H,1,4,7-8,12H2,(H,24,26). The number of aliphatic hydroxyl groups is 1. The Bertz CT molecular complexity index is 791. The molecule has 3 nitrogen and oxygen atoms in total. The third-order valence-electron chi connectivity index (χ3n) is 3.89. The maximum Gasteiger partial charge on any atom is 0.255 e. The molecule has 1 atom stereocenters. The SMILES string of the molecule is C=CCC(CO)CCSc1cccc(C(=O)Nc2cc(F)c(F)c(F)c2)c1. The van der Waals surface area contributed by atoms with E-state index in [1.54, 1.807) is 24.3 Å². The average molecular weight is 395 g/mol. The molecule has 7 heteroatoms. The minimum Gasteiger partial charge on any atom is -0.396 e. The first-order valence-electron chi connectivity index (χ1n) is 8.35. The number of thioether (sulfide) groups is 1. The van der Waals surface area contributed by atoms with Crippen molar-refractivity contribution in [1.82, 2.24) is 0 Å².